The highest BCUT2D eigenvalue weighted by Gasteiger charge is 2.71. The van der Waals surface area contributed by atoms with E-state index in [2.05, 4.69) is 20.4 Å². The van der Waals surface area contributed by atoms with Crippen LogP contribution in [-0.2, 0) is 23.7 Å². The SMILES string of the molecule is C=C(CC[C@@H](C)[C@H]1C[C@@H](O)[C@@H]2[C@]1(C)CC[C@@H]1[C@@]3(C)CC[C@H](O)[C@H](O)[C@@H]3[C@@H](O)C[C@]12O)[C@H](C)CO[C@@H]1OC[C@@H](O)[C@H](O)[C@H]1O[C@@H]1OC[C@@H](O)[C@H](O)[C@H]1OC. The number of fused-ring (bicyclic) bond motifs is 5. The van der Waals surface area contributed by atoms with Crippen molar-refractivity contribution in [3.05, 3.63) is 12.2 Å². The van der Waals surface area contributed by atoms with E-state index >= 15 is 0 Å². The van der Waals surface area contributed by atoms with Crippen LogP contribution in [0.4, 0.5) is 0 Å². The van der Waals surface area contributed by atoms with E-state index in [0.29, 0.717) is 25.7 Å². The van der Waals surface area contributed by atoms with Crippen molar-refractivity contribution in [2.75, 3.05) is 26.9 Å². The number of hydrogen-bond acceptors (Lipinski definition) is 14. The minimum atomic E-state index is -1.37. The number of methoxy groups -OCH3 is 1. The zero-order valence-corrected chi connectivity index (χ0v) is 31.9. The highest BCUT2D eigenvalue weighted by molar-refractivity contribution is 5.21. The monoisotopic (exact) mass is 758 g/mol. The first-order valence-electron chi connectivity index (χ1n) is 19.8. The minimum absolute atomic E-state index is 0.0761. The molecule has 6 fully saturated rings. The van der Waals surface area contributed by atoms with Crippen LogP contribution in [0.25, 0.3) is 0 Å². The fourth-order valence-corrected chi connectivity index (χ4v) is 12.1. The molecule has 0 radical (unpaired) electrons. The Kier molecular flexibility index (Phi) is 12.5. The number of ether oxygens (including phenoxy) is 5. The molecule has 0 unspecified atom stereocenters. The van der Waals surface area contributed by atoms with Crippen molar-refractivity contribution in [3.8, 4) is 0 Å². The maximum atomic E-state index is 12.6. The van der Waals surface area contributed by atoms with Crippen LogP contribution in [0.5, 0.6) is 0 Å². The Morgan fingerprint density at radius 2 is 1.42 bits per heavy atom. The van der Waals surface area contributed by atoms with Gasteiger partial charge in [0.25, 0.3) is 0 Å². The molecule has 0 spiro atoms. The first-order valence-corrected chi connectivity index (χ1v) is 19.8. The molecule has 14 heteroatoms. The predicted octanol–water partition coefficient (Wildman–Crippen LogP) is 0.215. The van der Waals surface area contributed by atoms with Gasteiger partial charge in [-0.3, -0.25) is 0 Å². The Hall–Kier alpha value is -0.820. The molecule has 21 atom stereocenters. The number of aliphatic hydroxyl groups excluding tert-OH is 8. The maximum Gasteiger partial charge on any atom is 0.187 e. The zero-order chi connectivity index (χ0) is 38.8. The van der Waals surface area contributed by atoms with E-state index in [1.807, 2.05) is 13.8 Å². The van der Waals surface area contributed by atoms with E-state index in [1.165, 1.54) is 7.11 Å². The summed E-state index contributed by atoms with van der Waals surface area (Å²) in [7, 11) is 1.34. The van der Waals surface area contributed by atoms with E-state index in [0.717, 1.165) is 24.8 Å². The summed E-state index contributed by atoms with van der Waals surface area (Å²) >= 11 is 0. The summed E-state index contributed by atoms with van der Waals surface area (Å²) in [5, 5.41) is 98.5. The van der Waals surface area contributed by atoms with Gasteiger partial charge < -0.3 is 69.6 Å². The summed E-state index contributed by atoms with van der Waals surface area (Å²) in [5.74, 6) is -0.926. The summed E-state index contributed by atoms with van der Waals surface area (Å²) in [4.78, 5) is 0. The Balaban J connectivity index is 1.05. The summed E-state index contributed by atoms with van der Waals surface area (Å²) < 4.78 is 28.6. The van der Waals surface area contributed by atoms with Gasteiger partial charge in [0.05, 0.1) is 49.8 Å². The number of aliphatic hydroxyl groups is 9. The number of rotatable bonds is 11. The van der Waals surface area contributed by atoms with E-state index in [1.54, 1.807) is 0 Å². The van der Waals surface area contributed by atoms with E-state index < -0.39 is 96.5 Å². The molecule has 0 amide bonds. The van der Waals surface area contributed by atoms with Gasteiger partial charge in [-0.05, 0) is 73.5 Å². The van der Waals surface area contributed by atoms with Crippen molar-refractivity contribution in [2.45, 2.75) is 158 Å². The highest BCUT2D eigenvalue weighted by Crippen LogP contribution is 2.69. The van der Waals surface area contributed by atoms with Crippen LogP contribution < -0.4 is 0 Å². The lowest BCUT2D eigenvalue weighted by atomic mass is 9.41. The Labute approximate surface area is 313 Å². The molecule has 4 aliphatic carbocycles. The standard InChI is InChI=1S/C39H66O14/c1-18(20(3)15-50-35-33(31(47)26(44)16-51-35)53-36-32(49-6)30(46)25(43)17-52-36)7-8-19(2)21-13-23(41)34-37(21,4)12-10-27-38(5)11-9-22(40)29(45)28(38)24(42)14-39(27,34)48/h19-36,40-48H,1,7-17H2,2-6H3/t19-,20-,21-,22+,23-,24+,25-,26-,27-,28+,29+,30+,31+,32-,33-,34-,35-,36+,37-,38-,39+/m1/s1. The first-order chi connectivity index (χ1) is 24.9. The lowest BCUT2D eigenvalue weighted by Crippen LogP contribution is -2.70. The van der Waals surface area contributed by atoms with Crippen molar-refractivity contribution in [1.82, 2.24) is 0 Å². The summed E-state index contributed by atoms with van der Waals surface area (Å²) in [6.45, 7) is 12.6. The molecule has 9 N–H and O–H groups in total. The molecule has 2 aliphatic heterocycles. The fourth-order valence-electron chi connectivity index (χ4n) is 12.1. The highest BCUT2D eigenvalue weighted by atomic mass is 16.8. The van der Waals surface area contributed by atoms with Crippen LogP contribution in [0.15, 0.2) is 12.2 Å². The third-order valence-electron chi connectivity index (χ3n) is 15.0. The second-order valence-corrected chi connectivity index (χ2v) is 18.1. The molecule has 0 bridgehead atoms. The van der Waals surface area contributed by atoms with Gasteiger partial charge in [-0.1, -0.05) is 39.8 Å². The predicted molar refractivity (Wildman–Crippen MR) is 189 cm³/mol. The molecular formula is C39H66O14. The summed E-state index contributed by atoms with van der Waals surface area (Å²) in [6.07, 6.45) is -8.46. The van der Waals surface area contributed by atoms with Gasteiger partial charge in [0.15, 0.2) is 12.6 Å². The van der Waals surface area contributed by atoms with Gasteiger partial charge in [0.1, 0.15) is 36.6 Å². The minimum Gasteiger partial charge on any atom is -0.393 e. The third kappa shape index (κ3) is 7.30. The molecule has 53 heavy (non-hydrogen) atoms. The quantitative estimate of drug-likeness (QED) is 0.129. The topological polar surface area (TPSA) is 228 Å². The van der Waals surface area contributed by atoms with Crippen LogP contribution in [0.2, 0.25) is 0 Å². The van der Waals surface area contributed by atoms with Crippen LogP contribution in [0.3, 0.4) is 0 Å². The molecule has 2 saturated heterocycles. The maximum absolute atomic E-state index is 12.6. The van der Waals surface area contributed by atoms with Gasteiger partial charge in [-0.25, -0.2) is 0 Å². The second-order valence-electron chi connectivity index (χ2n) is 18.1. The number of hydrogen-bond donors (Lipinski definition) is 9. The van der Waals surface area contributed by atoms with Crippen molar-refractivity contribution < 1.29 is 69.6 Å². The van der Waals surface area contributed by atoms with Crippen molar-refractivity contribution in [1.29, 1.82) is 0 Å². The van der Waals surface area contributed by atoms with Gasteiger partial charge in [0, 0.05) is 31.3 Å². The molecular weight excluding hydrogens is 692 g/mol. The summed E-state index contributed by atoms with van der Waals surface area (Å²) in [5.41, 5.74) is -1.25. The lowest BCUT2D eigenvalue weighted by Gasteiger charge is -2.66. The molecule has 14 nitrogen and oxygen atoms in total. The molecule has 0 aromatic rings. The van der Waals surface area contributed by atoms with Gasteiger partial charge in [-0.2, -0.15) is 0 Å². The smallest absolute Gasteiger partial charge is 0.187 e. The molecule has 0 aromatic heterocycles. The largest absolute Gasteiger partial charge is 0.393 e. The molecule has 306 valence electrons. The molecule has 6 rings (SSSR count). The van der Waals surface area contributed by atoms with E-state index in [9.17, 15) is 46.0 Å². The average Bonchev–Trinajstić information content (AvgIpc) is 3.39. The van der Waals surface area contributed by atoms with Gasteiger partial charge in [0.2, 0.25) is 0 Å². The average molecular weight is 759 g/mol. The lowest BCUT2D eigenvalue weighted by molar-refractivity contribution is -0.346. The molecule has 4 saturated carbocycles. The molecule has 0 aromatic carbocycles. The van der Waals surface area contributed by atoms with Gasteiger partial charge >= 0.3 is 0 Å². The molecule has 6 aliphatic rings. The van der Waals surface area contributed by atoms with Crippen molar-refractivity contribution >= 4 is 0 Å². The summed E-state index contributed by atoms with van der Waals surface area (Å²) in [6, 6.07) is 0. The fraction of sp³-hybridized carbons (Fsp3) is 0.949. The van der Waals surface area contributed by atoms with Gasteiger partial charge in [-0.15, -0.1) is 0 Å². The zero-order valence-electron chi connectivity index (χ0n) is 31.9. The molecule has 2 heterocycles. The Bertz CT molecular complexity index is 1270. The normalized spacial score (nSPS) is 52.6. The Morgan fingerprint density at radius 1 is 0.792 bits per heavy atom. The van der Waals surface area contributed by atoms with Crippen molar-refractivity contribution in [2.24, 2.45) is 46.3 Å². The van der Waals surface area contributed by atoms with Crippen LogP contribution in [-0.4, -0.2) is 152 Å². The Morgan fingerprint density at radius 3 is 2.08 bits per heavy atom. The van der Waals surface area contributed by atoms with Crippen LogP contribution >= 0.6 is 0 Å². The van der Waals surface area contributed by atoms with Crippen LogP contribution in [0, 0.1) is 46.3 Å². The third-order valence-corrected chi connectivity index (χ3v) is 15.0. The van der Waals surface area contributed by atoms with Crippen LogP contribution in [0.1, 0.15) is 79.1 Å². The first kappa shape index (κ1) is 41.8. The second kappa shape index (κ2) is 15.8. The van der Waals surface area contributed by atoms with E-state index in [4.69, 9.17) is 23.7 Å². The van der Waals surface area contributed by atoms with Crippen molar-refractivity contribution in [3.63, 3.8) is 0 Å². The van der Waals surface area contributed by atoms with E-state index in [-0.39, 0.29) is 55.3 Å².